The molecule has 1 aliphatic rings. The average molecular weight is 208 g/mol. The molecule has 0 saturated carbocycles. The summed E-state index contributed by atoms with van der Waals surface area (Å²) >= 11 is 2.05. The van der Waals surface area contributed by atoms with Crippen LogP contribution in [0.4, 0.5) is 0 Å². The summed E-state index contributed by atoms with van der Waals surface area (Å²) in [6, 6.07) is 6.14. The lowest BCUT2D eigenvalue weighted by atomic mass is 10.2. The Balaban J connectivity index is 1.76. The maximum atomic E-state index is 4.33. The zero-order valence-electron chi connectivity index (χ0n) is 8.28. The van der Waals surface area contributed by atoms with E-state index in [0.29, 0.717) is 0 Å². The highest BCUT2D eigenvalue weighted by Crippen LogP contribution is 2.23. The van der Waals surface area contributed by atoms with Crippen molar-refractivity contribution in [3.63, 3.8) is 0 Å². The van der Waals surface area contributed by atoms with Crippen LogP contribution in [0.15, 0.2) is 24.4 Å². The summed E-state index contributed by atoms with van der Waals surface area (Å²) in [7, 11) is 0. The van der Waals surface area contributed by atoms with Gasteiger partial charge in [-0.1, -0.05) is 6.07 Å². The fourth-order valence-corrected chi connectivity index (χ4v) is 2.80. The van der Waals surface area contributed by atoms with Gasteiger partial charge in [-0.05, 0) is 38.1 Å². The molecule has 1 aromatic rings. The summed E-state index contributed by atoms with van der Waals surface area (Å²) in [6.45, 7) is 2.36. The smallest absolute Gasteiger partial charge is 0.0502 e. The van der Waals surface area contributed by atoms with Gasteiger partial charge in [0.15, 0.2) is 0 Å². The monoisotopic (exact) mass is 208 g/mol. The molecule has 0 aliphatic carbocycles. The molecule has 1 aliphatic heterocycles. The number of aromatic nitrogens is 1. The van der Waals surface area contributed by atoms with Gasteiger partial charge in [0.05, 0.1) is 5.69 Å². The molecule has 0 radical (unpaired) electrons. The summed E-state index contributed by atoms with van der Waals surface area (Å²) in [4.78, 5) is 4.33. The maximum Gasteiger partial charge on any atom is 0.0502 e. The number of thioether (sulfide) groups is 1. The van der Waals surface area contributed by atoms with Gasteiger partial charge in [0.2, 0.25) is 0 Å². The van der Waals surface area contributed by atoms with Crippen LogP contribution < -0.4 is 5.32 Å². The van der Waals surface area contributed by atoms with Crippen molar-refractivity contribution in [1.82, 2.24) is 10.3 Å². The molecule has 1 saturated heterocycles. The van der Waals surface area contributed by atoms with Gasteiger partial charge in [0, 0.05) is 17.2 Å². The SMILES string of the molecule is c1ccc(CSC2CCNCC2)nc1. The van der Waals surface area contributed by atoms with Crippen LogP contribution in [0.25, 0.3) is 0 Å². The number of nitrogens with zero attached hydrogens (tertiary/aromatic N) is 1. The highest BCUT2D eigenvalue weighted by Gasteiger charge is 2.12. The minimum atomic E-state index is 0.832. The second-order valence-electron chi connectivity index (χ2n) is 3.58. The van der Waals surface area contributed by atoms with Crippen molar-refractivity contribution in [3.8, 4) is 0 Å². The van der Waals surface area contributed by atoms with Gasteiger partial charge in [0.1, 0.15) is 0 Å². The van der Waals surface area contributed by atoms with E-state index in [0.717, 1.165) is 11.0 Å². The number of hydrogen-bond acceptors (Lipinski definition) is 3. The number of pyridine rings is 1. The minimum absolute atomic E-state index is 0.832. The quantitative estimate of drug-likeness (QED) is 0.823. The molecule has 0 spiro atoms. The standard InChI is InChI=1S/C11H16N2S/c1-2-6-13-10(3-1)9-14-11-4-7-12-8-5-11/h1-3,6,11-12H,4-5,7-9H2. The Morgan fingerprint density at radius 3 is 2.93 bits per heavy atom. The fourth-order valence-electron chi connectivity index (χ4n) is 1.65. The number of piperidine rings is 1. The molecule has 14 heavy (non-hydrogen) atoms. The van der Waals surface area contributed by atoms with E-state index < -0.39 is 0 Å². The van der Waals surface area contributed by atoms with Crippen LogP contribution >= 0.6 is 11.8 Å². The predicted octanol–water partition coefficient (Wildman–Crippen LogP) is 2.07. The van der Waals surface area contributed by atoms with Crippen LogP contribution in [0.2, 0.25) is 0 Å². The molecular formula is C11H16N2S. The normalized spacial score (nSPS) is 18.3. The van der Waals surface area contributed by atoms with E-state index in [1.807, 2.05) is 24.0 Å². The van der Waals surface area contributed by atoms with Crippen LogP contribution in [0, 0.1) is 0 Å². The van der Waals surface area contributed by atoms with Crippen molar-refractivity contribution >= 4 is 11.8 Å². The Kier molecular flexibility index (Phi) is 3.83. The van der Waals surface area contributed by atoms with Gasteiger partial charge >= 0.3 is 0 Å². The number of nitrogens with one attached hydrogen (secondary N) is 1. The lowest BCUT2D eigenvalue weighted by Crippen LogP contribution is -2.29. The summed E-state index contributed by atoms with van der Waals surface area (Å²) < 4.78 is 0. The van der Waals surface area contributed by atoms with Gasteiger partial charge in [-0.15, -0.1) is 0 Å². The molecule has 0 amide bonds. The van der Waals surface area contributed by atoms with Crippen LogP contribution in [0.5, 0.6) is 0 Å². The maximum absolute atomic E-state index is 4.33. The summed E-state index contributed by atoms with van der Waals surface area (Å²) in [5, 5.41) is 4.22. The highest BCUT2D eigenvalue weighted by molar-refractivity contribution is 7.99. The van der Waals surface area contributed by atoms with Crippen molar-refractivity contribution in [2.45, 2.75) is 23.8 Å². The first-order valence-corrected chi connectivity index (χ1v) is 6.22. The molecule has 0 atom stereocenters. The predicted molar refractivity (Wildman–Crippen MR) is 61.4 cm³/mol. The number of rotatable bonds is 3. The lowest BCUT2D eigenvalue weighted by molar-refractivity contribution is 0.531. The first kappa shape index (κ1) is 9.99. The highest BCUT2D eigenvalue weighted by atomic mass is 32.2. The topological polar surface area (TPSA) is 24.9 Å². The molecule has 0 unspecified atom stereocenters. The third-order valence-corrected chi connectivity index (χ3v) is 3.88. The van der Waals surface area contributed by atoms with Gasteiger partial charge in [-0.25, -0.2) is 0 Å². The summed E-state index contributed by atoms with van der Waals surface area (Å²) in [5.41, 5.74) is 1.20. The Labute approximate surface area is 89.5 Å². The van der Waals surface area contributed by atoms with Gasteiger partial charge in [-0.3, -0.25) is 4.98 Å². The van der Waals surface area contributed by atoms with Gasteiger partial charge < -0.3 is 5.32 Å². The second kappa shape index (κ2) is 5.37. The summed E-state index contributed by atoms with van der Waals surface area (Å²) in [6.07, 6.45) is 4.48. The molecule has 2 nitrogen and oxygen atoms in total. The van der Waals surface area contributed by atoms with Crippen LogP contribution in [-0.2, 0) is 5.75 Å². The third kappa shape index (κ3) is 3.00. The van der Waals surface area contributed by atoms with Crippen LogP contribution in [-0.4, -0.2) is 23.3 Å². The van der Waals surface area contributed by atoms with Crippen LogP contribution in [0.3, 0.4) is 0 Å². The van der Waals surface area contributed by atoms with Crippen molar-refractivity contribution in [3.05, 3.63) is 30.1 Å². The fraction of sp³-hybridized carbons (Fsp3) is 0.545. The largest absolute Gasteiger partial charge is 0.317 e. The molecule has 1 aromatic heterocycles. The minimum Gasteiger partial charge on any atom is -0.317 e. The van der Waals surface area contributed by atoms with E-state index >= 15 is 0 Å². The van der Waals surface area contributed by atoms with Crippen molar-refractivity contribution < 1.29 is 0 Å². The Morgan fingerprint density at radius 1 is 1.36 bits per heavy atom. The molecule has 2 heterocycles. The van der Waals surface area contributed by atoms with E-state index in [1.54, 1.807) is 0 Å². The average Bonchev–Trinajstić information content (AvgIpc) is 2.29. The van der Waals surface area contributed by atoms with E-state index in [2.05, 4.69) is 22.4 Å². The van der Waals surface area contributed by atoms with E-state index in [9.17, 15) is 0 Å². The van der Waals surface area contributed by atoms with Crippen molar-refractivity contribution in [2.24, 2.45) is 0 Å². The molecule has 2 rings (SSSR count). The third-order valence-electron chi connectivity index (χ3n) is 2.48. The number of hydrogen-bond donors (Lipinski definition) is 1. The van der Waals surface area contributed by atoms with Crippen molar-refractivity contribution in [2.75, 3.05) is 13.1 Å². The first-order chi connectivity index (χ1) is 6.95. The Bertz CT molecular complexity index is 257. The van der Waals surface area contributed by atoms with E-state index in [4.69, 9.17) is 0 Å². The van der Waals surface area contributed by atoms with E-state index in [1.165, 1.54) is 31.6 Å². The molecule has 1 fully saturated rings. The zero-order chi connectivity index (χ0) is 9.64. The lowest BCUT2D eigenvalue weighted by Gasteiger charge is -2.21. The van der Waals surface area contributed by atoms with E-state index in [-0.39, 0.29) is 0 Å². The van der Waals surface area contributed by atoms with Gasteiger partial charge in [-0.2, -0.15) is 11.8 Å². The molecule has 0 aromatic carbocycles. The van der Waals surface area contributed by atoms with Crippen LogP contribution in [0.1, 0.15) is 18.5 Å². The molecular weight excluding hydrogens is 192 g/mol. The summed E-state index contributed by atoms with van der Waals surface area (Å²) in [5.74, 6) is 1.06. The molecule has 76 valence electrons. The Hall–Kier alpha value is -0.540. The first-order valence-electron chi connectivity index (χ1n) is 5.17. The van der Waals surface area contributed by atoms with Gasteiger partial charge in [0.25, 0.3) is 0 Å². The molecule has 1 N–H and O–H groups in total. The molecule has 0 bridgehead atoms. The van der Waals surface area contributed by atoms with Crippen molar-refractivity contribution in [1.29, 1.82) is 0 Å². The second-order valence-corrected chi connectivity index (χ2v) is 4.87. The Morgan fingerprint density at radius 2 is 2.21 bits per heavy atom. The zero-order valence-corrected chi connectivity index (χ0v) is 9.09. The molecule has 3 heteroatoms.